The Labute approximate surface area is 176 Å². The average molecular weight is 387 g/mol. The van der Waals surface area contributed by atoms with Gasteiger partial charge in [0.2, 0.25) is 0 Å². The molecular formula is C27H34N2. The van der Waals surface area contributed by atoms with E-state index in [0.717, 1.165) is 35.8 Å². The molecule has 2 nitrogen and oxygen atoms in total. The van der Waals surface area contributed by atoms with Crippen LogP contribution in [0.15, 0.2) is 71.4 Å². The molecule has 0 aromatic heterocycles. The van der Waals surface area contributed by atoms with Crippen molar-refractivity contribution in [3.8, 4) is 0 Å². The third kappa shape index (κ3) is 7.12. The van der Waals surface area contributed by atoms with E-state index in [1.54, 1.807) is 0 Å². The molecule has 0 N–H and O–H groups in total. The summed E-state index contributed by atoms with van der Waals surface area (Å²) in [5.41, 5.74) is 5.04. The van der Waals surface area contributed by atoms with Gasteiger partial charge in [-0.15, -0.1) is 6.58 Å². The lowest BCUT2D eigenvalue weighted by molar-refractivity contribution is 0.348. The summed E-state index contributed by atoms with van der Waals surface area (Å²) in [7, 11) is 0. The molecule has 0 spiro atoms. The Morgan fingerprint density at radius 3 is 2.00 bits per heavy atom. The number of rotatable bonds is 9. The Kier molecular flexibility index (Phi) is 8.42. The molecule has 2 aromatic carbocycles. The minimum Gasteiger partial charge on any atom is -0.159 e. The lowest BCUT2D eigenvalue weighted by atomic mass is 9.79. The van der Waals surface area contributed by atoms with Gasteiger partial charge in [-0.2, -0.15) is 10.2 Å². The third-order valence-electron chi connectivity index (χ3n) is 6.01. The number of hydrogen-bond acceptors (Lipinski definition) is 2. The predicted molar refractivity (Wildman–Crippen MR) is 126 cm³/mol. The molecule has 1 saturated carbocycles. The number of unbranched alkanes of at least 4 members (excludes halogenated alkanes) is 2. The van der Waals surface area contributed by atoms with Gasteiger partial charge in [0, 0.05) is 0 Å². The molecule has 0 heterocycles. The maximum Gasteiger partial charge on any atom is 0.0568 e. The van der Waals surface area contributed by atoms with Gasteiger partial charge in [-0.25, -0.2) is 0 Å². The summed E-state index contributed by atoms with van der Waals surface area (Å²) >= 11 is 0. The molecule has 0 radical (unpaired) electrons. The molecule has 0 saturated heterocycles. The van der Waals surface area contributed by atoms with E-state index in [1.807, 2.05) is 18.5 Å². The zero-order valence-corrected chi connectivity index (χ0v) is 17.8. The van der Waals surface area contributed by atoms with Gasteiger partial charge in [0.15, 0.2) is 0 Å². The zero-order valence-electron chi connectivity index (χ0n) is 17.8. The largest absolute Gasteiger partial charge is 0.159 e. The van der Waals surface area contributed by atoms with E-state index in [1.165, 1.54) is 49.7 Å². The molecule has 0 amide bonds. The third-order valence-corrected chi connectivity index (χ3v) is 6.01. The van der Waals surface area contributed by atoms with Crippen LogP contribution in [-0.2, 0) is 6.42 Å². The lowest BCUT2D eigenvalue weighted by Crippen LogP contribution is -2.10. The van der Waals surface area contributed by atoms with Gasteiger partial charge >= 0.3 is 0 Å². The molecule has 2 heteroatoms. The second-order valence-corrected chi connectivity index (χ2v) is 8.39. The normalized spacial score (nSPS) is 19.8. The maximum absolute atomic E-state index is 4.22. The van der Waals surface area contributed by atoms with Crippen LogP contribution in [0.25, 0.3) is 0 Å². The van der Waals surface area contributed by atoms with Gasteiger partial charge in [-0.05, 0) is 72.6 Å². The minimum atomic E-state index is 0.736. The summed E-state index contributed by atoms with van der Waals surface area (Å²) in [4.78, 5) is 0. The fourth-order valence-corrected chi connectivity index (χ4v) is 4.04. The highest BCUT2D eigenvalue weighted by Crippen LogP contribution is 2.35. The van der Waals surface area contributed by atoms with E-state index in [2.05, 4.69) is 72.2 Å². The van der Waals surface area contributed by atoms with E-state index in [4.69, 9.17) is 0 Å². The van der Waals surface area contributed by atoms with Crippen LogP contribution in [0.4, 0.5) is 0 Å². The lowest BCUT2D eigenvalue weighted by Gasteiger charge is -2.26. The average Bonchev–Trinajstić information content (AvgIpc) is 2.76. The van der Waals surface area contributed by atoms with E-state index in [-0.39, 0.29) is 0 Å². The van der Waals surface area contributed by atoms with Gasteiger partial charge < -0.3 is 0 Å². The van der Waals surface area contributed by atoms with E-state index in [0.29, 0.717) is 0 Å². The van der Waals surface area contributed by atoms with Gasteiger partial charge in [0.25, 0.3) is 0 Å². The molecule has 0 aliphatic heterocycles. The summed E-state index contributed by atoms with van der Waals surface area (Å²) in [6.45, 7) is 6.14. The molecule has 3 rings (SSSR count). The molecule has 152 valence electrons. The highest BCUT2D eigenvalue weighted by Gasteiger charge is 2.19. The Bertz CT molecular complexity index is 791. The maximum atomic E-state index is 4.22. The molecular weight excluding hydrogens is 352 g/mol. The quantitative estimate of drug-likeness (QED) is 0.186. The molecule has 1 fully saturated rings. The Morgan fingerprint density at radius 2 is 1.41 bits per heavy atom. The second kappa shape index (κ2) is 11.5. The van der Waals surface area contributed by atoms with E-state index in [9.17, 15) is 0 Å². The highest BCUT2D eigenvalue weighted by atomic mass is 15.2. The molecule has 1 aliphatic carbocycles. The van der Waals surface area contributed by atoms with Crippen LogP contribution in [-0.4, -0.2) is 12.4 Å². The van der Waals surface area contributed by atoms with Crippen LogP contribution < -0.4 is 0 Å². The van der Waals surface area contributed by atoms with Gasteiger partial charge in [-0.3, -0.25) is 0 Å². The zero-order chi connectivity index (χ0) is 20.3. The fraction of sp³-hybridized carbons (Fsp3) is 0.407. The van der Waals surface area contributed by atoms with Crippen molar-refractivity contribution < 1.29 is 0 Å². The first-order chi connectivity index (χ1) is 14.2. The first kappa shape index (κ1) is 21.2. The van der Waals surface area contributed by atoms with Crippen LogP contribution in [0.2, 0.25) is 0 Å². The smallest absolute Gasteiger partial charge is 0.0568 e. The van der Waals surface area contributed by atoms with Gasteiger partial charge in [0.05, 0.1) is 12.4 Å². The number of aryl methyl sites for hydroxylation is 1. The number of hydrogen-bond donors (Lipinski definition) is 0. The van der Waals surface area contributed by atoms with Gasteiger partial charge in [0.1, 0.15) is 0 Å². The highest BCUT2D eigenvalue weighted by molar-refractivity contribution is 5.82. The Balaban J connectivity index is 1.46. The standard InChI is InChI=1S/C27H34N2/c1-3-4-5-6-7-23-10-12-24(13-11-23)20-28-29-21-25-14-18-27(19-15-25)26-16-8-22(2)9-17-26/h3,10-15,18-22,26H,1,4-9,16-17H2,2H3/t22-,26-. The van der Waals surface area contributed by atoms with Crippen molar-refractivity contribution >= 4 is 12.4 Å². The van der Waals surface area contributed by atoms with Crippen molar-refractivity contribution in [3.63, 3.8) is 0 Å². The summed E-state index contributed by atoms with van der Waals surface area (Å²) < 4.78 is 0. The fourth-order valence-electron chi connectivity index (χ4n) is 4.04. The van der Waals surface area contributed by atoms with Crippen molar-refractivity contribution in [2.75, 3.05) is 0 Å². The monoisotopic (exact) mass is 386 g/mol. The van der Waals surface area contributed by atoms with Crippen LogP contribution >= 0.6 is 0 Å². The molecule has 0 bridgehead atoms. The summed E-state index contributed by atoms with van der Waals surface area (Å²) in [6.07, 6.45) is 15.7. The molecule has 0 atom stereocenters. The minimum absolute atomic E-state index is 0.736. The van der Waals surface area contributed by atoms with Crippen LogP contribution in [0.3, 0.4) is 0 Å². The summed E-state index contributed by atoms with van der Waals surface area (Å²) in [5, 5.41) is 8.42. The van der Waals surface area contributed by atoms with Crippen molar-refractivity contribution in [2.24, 2.45) is 16.1 Å². The number of allylic oxidation sites excluding steroid dienone is 1. The SMILES string of the molecule is C=CCCCCc1ccc(C=NN=Cc2ccc([C@H]3CC[C@H](C)CC3)cc2)cc1. The Hall–Kier alpha value is -2.48. The van der Waals surface area contributed by atoms with Crippen LogP contribution in [0, 0.1) is 5.92 Å². The van der Waals surface area contributed by atoms with Gasteiger partial charge in [-0.1, -0.05) is 74.4 Å². The van der Waals surface area contributed by atoms with E-state index >= 15 is 0 Å². The topological polar surface area (TPSA) is 24.7 Å². The van der Waals surface area contributed by atoms with Crippen LogP contribution in [0.5, 0.6) is 0 Å². The van der Waals surface area contributed by atoms with Crippen molar-refractivity contribution in [1.82, 2.24) is 0 Å². The molecule has 0 unspecified atom stereocenters. The summed E-state index contributed by atoms with van der Waals surface area (Å²) in [6, 6.07) is 17.4. The number of benzene rings is 2. The summed E-state index contributed by atoms with van der Waals surface area (Å²) in [5.74, 6) is 1.63. The van der Waals surface area contributed by atoms with Crippen molar-refractivity contribution in [3.05, 3.63) is 83.4 Å². The first-order valence-corrected chi connectivity index (χ1v) is 11.1. The molecule has 1 aliphatic rings. The van der Waals surface area contributed by atoms with Crippen molar-refractivity contribution in [1.29, 1.82) is 0 Å². The van der Waals surface area contributed by atoms with E-state index < -0.39 is 0 Å². The molecule has 2 aromatic rings. The predicted octanol–water partition coefficient (Wildman–Crippen LogP) is 7.33. The Morgan fingerprint density at radius 1 is 0.828 bits per heavy atom. The van der Waals surface area contributed by atoms with Crippen molar-refractivity contribution in [2.45, 2.75) is 64.2 Å². The number of nitrogens with zero attached hydrogens (tertiary/aromatic N) is 2. The second-order valence-electron chi connectivity index (χ2n) is 8.39. The first-order valence-electron chi connectivity index (χ1n) is 11.1. The molecule has 29 heavy (non-hydrogen) atoms. The van der Waals surface area contributed by atoms with Crippen LogP contribution in [0.1, 0.15) is 80.0 Å².